The predicted molar refractivity (Wildman–Crippen MR) is 142 cm³/mol. The number of aryl methyl sites for hydroxylation is 1. The van der Waals surface area contributed by atoms with E-state index in [0.29, 0.717) is 27.7 Å². The van der Waals surface area contributed by atoms with Gasteiger partial charge >= 0.3 is 12.1 Å². The van der Waals surface area contributed by atoms with Crippen molar-refractivity contribution in [1.29, 1.82) is 0 Å². The molecule has 0 radical (unpaired) electrons. The predicted octanol–water partition coefficient (Wildman–Crippen LogP) is 6.63. The molecule has 2 N–H and O–H groups in total. The Morgan fingerprint density at radius 3 is 2.18 bits per heavy atom. The van der Waals surface area contributed by atoms with Crippen LogP contribution in [-0.4, -0.2) is 35.5 Å². The fourth-order valence-corrected chi connectivity index (χ4v) is 4.68. The van der Waals surface area contributed by atoms with Crippen LogP contribution in [0, 0.1) is 6.92 Å². The molecule has 1 aliphatic heterocycles. The third-order valence-corrected chi connectivity index (χ3v) is 7.09. The summed E-state index contributed by atoms with van der Waals surface area (Å²) in [6, 6.07) is 22.2. The number of benzene rings is 3. The van der Waals surface area contributed by atoms with Gasteiger partial charge in [0.25, 0.3) is 0 Å². The molecule has 1 aliphatic rings. The zero-order valence-corrected chi connectivity index (χ0v) is 21.5. The lowest BCUT2D eigenvalue weighted by Crippen LogP contribution is -2.53. The Morgan fingerprint density at radius 1 is 1.00 bits per heavy atom. The molecule has 38 heavy (non-hydrogen) atoms. The van der Waals surface area contributed by atoms with E-state index in [4.69, 9.17) is 25.6 Å². The Kier molecular flexibility index (Phi) is 6.93. The van der Waals surface area contributed by atoms with Crippen molar-refractivity contribution in [3.8, 4) is 22.5 Å². The number of carboxylic acid groups (broad SMARTS) is 1. The third kappa shape index (κ3) is 4.76. The van der Waals surface area contributed by atoms with Gasteiger partial charge in [-0.2, -0.15) is 0 Å². The number of halogens is 1. The van der Waals surface area contributed by atoms with E-state index in [9.17, 15) is 14.7 Å². The van der Waals surface area contributed by atoms with Gasteiger partial charge in [-0.1, -0.05) is 83.5 Å². The fourth-order valence-electron chi connectivity index (χ4n) is 4.39. The molecule has 0 saturated carbocycles. The van der Waals surface area contributed by atoms with Crippen LogP contribution in [0.1, 0.15) is 29.8 Å². The van der Waals surface area contributed by atoms with Crippen molar-refractivity contribution in [1.82, 2.24) is 5.16 Å². The number of aliphatic carboxylic acids is 1. The summed E-state index contributed by atoms with van der Waals surface area (Å²) in [7, 11) is 0. The lowest BCUT2D eigenvalue weighted by molar-refractivity contribution is -0.163. The van der Waals surface area contributed by atoms with E-state index in [1.165, 1.54) is 0 Å². The normalized spacial score (nSPS) is 14.8. The van der Waals surface area contributed by atoms with Gasteiger partial charge in [0.15, 0.2) is 5.76 Å². The maximum atomic E-state index is 12.7. The van der Waals surface area contributed by atoms with Crippen molar-refractivity contribution in [3.63, 3.8) is 0 Å². The van der Waals surface area contributed by atoms with Crippen molar-refractivity contribution in [2.75, 3.05) is 18.5 Å². The van der Waals surface area contributed by atoms with Crippen LogP contribution < -0.4 is 5.32 Å². The molecule has 1 atom stereocenters. The van der Waals surface area contributed by atoms with Crippen LogP contribution >= 0.6 is 11.6 Å². The molecule has 194 valence electrons. The maximum Gasteiger partial charge on any atom is 0.412 e. The van der Waals surface area contributed by atoms with Gasteiger partial charge in [0.1, 0.15) is 22.9 Å². The second-order valence-corrected chi connectivity index (χ2v) is 9.61. The molecular weight excluding hydrogens is 508 g/mol. The molecule has 0 spiro atoms. The molecule has 0 aliphatic carbocycles. The highest BCUT2D eigenvalue weighted by Crippen LogP contribution is 2.36. The Hall–Kier alpha value is -4.14. The summed E-state index contributed by atoms with van der Waals surface area (Å²) in [6.07, 6.45) is -1.21. The molecule has 1 saturated heterocycles. The number of aromatic nitrogens is 1. The van der Waals surface area contributed by atoms with Crippen LogP contribution in [0.15, 0.2) is 77.3 Å². The highest BCUT2D eigenvalue weighted by atomic mass is 35.5. The molecule has 8 nitrogen and oxygen atoms in total. The first kappa shape index (κ1) is 25.5. The van der Waals surface area contributed by atoms with Crippen molar-refractivity contribution >= 4 is 29.4 Å². The Balaban J connectivity index is 1.30. The standard InChI is InChI=1S/C29H25ClN2O6/c1-17-25(31-28(35)37-18(2)23-5-3-4-6-24(23)30)26(38-32-17)21-9-7-19(8-10-21)20-11-13-22(14-12-20)29(27(33)34)15-36-16-29/h3-14,18H,15-16H2,1-2H3,(H,31,35)(H,33,34). The number of carboxylic acids is 1. The number of nitrogens with zero attached hydrogens (tertiary/aromatic N) is 1. The van der Waals surface area contributed by atoms with E-state index in [2.05, 4.69) is 10.5 Å². The van der Waals surface area contributed by atoms with Crippen molar-refractivity contribution in [3.05, 3.63) is 94.6 Å². The van der Waals surface area contributed by atoms with Crippen LogP contribution in [0.3, 0.4) is 0 Å². The van der Waals surface area contributed by atoms with Gasteiger partial charge in [0.2, 0.25) is 0 Å². The lowest BCUT2D eigenvalue weighted by atomic mass is 9.78. The minimum absolute atomic E-state index is 0.176. The van der Waals surface area contributed by atoms with Gasteiger partial charge in [0, 0.05) is 16.1 Å². The number of ether oxygens (including phenoxy) is 2. The SMILES string of the molecule is Cc1noc(-c2ccc(-c3ccc(C4(C(=O)O)COC4)cc3)cc2)c1NC(=O)OC(C)c1ccccc1Cl. The monoisotopic (exact) mass is 532 g/mol. The molecule has 9 heteroatoms. The number of nitrogens with one attached hydrogen (secondary N) is 1. The molecule has 4 aromatic rings. The van der Waals surface area contributed by atoms with Crippen LogP contribution in [0.4, 0.5) is 10.5 Å². The first-order chi connectivity index (χ1) is 18.3. The highest BCUT2D eigenvalue weighted by Gasteiger charge is 2.47. The van der Waals surface area contributed by atoms with Crippen molar-refractivity contribution in [2.24, 2.45) is 0 Å². The molecule has 5 rings (SSSR count). The van der Waals surface area contributed by atoms with Crippen LogP contribution in [0.5, 0.6) is 0 Å². The second-order valence-electron chi connectivity index (χ2n) is 9.20. The van der Waals surface area contributed by atoms with Gasteiger partial charge in [-0.15, -0.1) is 0 Å². The summed E-state index contributed by atoms with van der Waals surface area (Å²) in [5, 5.41) is 16.9. The van der Waals surface area contributed by atoms with Crippen molar-refractivity contribution in [2.45, 2.75) is 25.4 Å². The summed E-state index contributed by atoms with van der Waals surface area (Å²) in [5.74, 6) is -0.477. The number of carbonyl (C=O) groups excluding carboxylic acids is 1. The maximum absolute atomic E-state index is 12.7. The topological polar surface area (TPSA) is 111 Å². The Bertz CT molecular complexity index is 1480. The van der Waals surface area contributed by atoms with E-state index in [0.717, 1.165) is 22.3 Å². The second kappa shape index (κ2) is 10.3. The number of hydrogen-bond acceptors (Lipinski definition) is 6. The first-order valence-electron chi connectivity index (χ1n) is 12.0. The molecule has 1 fully saturated rings. The minimum atomic E-state index is -0.970. The first-order valence-corrected chi connectivity index (χ1v) is 12.4. The van der Waals surface area contributed by atoms with E-state index < -0.39 is 23.6 Å². The average molecular weight is 533 g/mol. The van der Waals surface area contributed by atoms with E-state index >= 15 is 0 Å². The number of anilines is 1. The van der Waals surface area contributed by atoms with Gasteiger partial charge in [-0.05, 0) is 36.6 Å². The molecule has 3 aromatic carbocycles. The molecule has 1 amide bonds. The summed E-state index contributed by atoms with van der Waals surface area (Å²) in [4.78, 5) is 24.4. The molecule has 2 heterocycles. The van der Waals surface area contributed by atoms with Gasteiger partial charge < -0.3 is 19.1 Å². The number of rotatable bonds is 7. The van der Waals surface area contributed by atoms with Crippen LogP contribution in [-0.2, 0) is 19.7 Å². The summed E-state index contributed by atoms with van der Waals surface area (Å²) >= 11 is 6.22. The van der Waals surface area contributed by atoms with Crippen molar-refractivity contribution < 1.29 is 28.7 Å². The quantitative estimate of drug-likeness (QED) is 0.274. The Morgan fingerprint density at radius 2 is 1.61 bits per heavy atom. The number of amides is 1. The summed E-state index contributed by atoms with van der Waals surface area (Å²) in [6.45, 7) is 3.83. The van der Waals surface area contributed by atoms with Crippen LogP contribution in [0.2, 0.25) is 5.02 Å². The fraction of sp³-hybridized carbons (Fsp3) is 0.207. The minimum Gasteiger partial charge on any atom is -0.480 e. The molecule has 1 aromatic heterocycles. The lowest BCUT2D eigenvalue weighted by Gasteiger charge is -2.37. The highest BCUT2D eigenvalue weighted by molar-refractivity contribution is 6.31. The van der Waals surface area contributed by atoms with Gasteiger partial charge in [-0.25, -0.2) is 4.79 Å². The molecule has 1 unspecified atom stereocenters. The largest absolute Gasteiger partial charge is 0.480 e. The van der Waals surface area contributed by atoms with Gasteiger partial charge in [-0.3, -0.25) is 10.1 Å². The zero-order valence-electron chi connectivity index (χ0n) is 20.7. The zero-order chi connectivity index (χ0) is 26.9. The summed E-state index contributed by atoms with van der Waals surface area (Å²) < 4.78 is 16.2. The number of carbonyl (C=O) groups is 2. The van der Waals surface area contributed by atoms with Gasteiger partial charge in [0.05, 0.1) is 13.2 Å². The molecular formula is C29H25ClN2O6. The smallest absolute Gasteiger partial charge is 0.412 e. The Labute approximate surface area is 224 Å². The third-order valence-electron chi connectivity index (χ3n) is 6.74. The van der Waals surface area contributed by atoms with Crippen LogP contribution in [0.25, 0.3) is 22.5 Å². The summed E-state index contributed by atoms with van der Waals surface area (Å²) in [5.41, 5.74) is 3.97. The average Bonchev–Trinajstić information content (AvgIpc) is 3.23. The van der Waals surface area contributed by atoms with E-state index in [-0.39, 0.29) is 13.2 Å². The van der Waals surface area contributed by atoms with E-state index in [1.54, 1.807) is 26.0 Å². The molecule has 0 bridgehead atoms. The van der Waals surface area contributed by atoms with E-state index in [1.807, 2.05) is 60.7 Å². The number of hydrogen-bond donors (Lipinski definition) is 2.